The molecule has 0 bridgehead atoms. The Labute approximate surface area is 239 Å². The third-order valence-corrected chi connectivity index (χ3v) is 7.28. The van der Waals surface area contributed by atoms with Gasteiger partial charge in [0, 0.05) is 18.5 Å². The first-order valence-electron chi connectivity index (χ1n) is 14.2. The topological polar surface area (TPSA) is 225 Å². The maximum Gasteiger partial charge on any atom is 0.305 e. The van der Waals surface area contributed by atoms with Gasteiger partial charge in [0.2, 0.25) is 11.7 Å². The number of aliphatic hydroxyl groups is 7. The zero-order valence-corrected chi connectivity index (χ0v) is 23.6. The van der Waals surface area contributed by atoms with Gasteiger partial charge in [0.15, 0.2) is 6.29 Å². The third kappa shape index (κ3) is 10.2. The quantitative estimate of drug-likeness (QED) is 0.0508. The molecular formula is C27H47NO13. The molecular weight excluding hydrogens is 546 g/mol. The summed E-state index contributed by atoms with van der Waals surface area (Å²) in [6, 6.07) is 0. The van der Waals surface area contributed by atoms with Crippen molar-refractivity contribution < 1.29 is 64.3 Å². The van der Waals surface area contributed by atoms with Gasteiger partial charge in [0.05, 0.1) is 6.61 Å². The van der Waals surface area contributed by atoms with Crippen molar-refractivity contribution in [2.24, 2.45) is 0 Å². The number of carbonyl (C=O) groups excluding carboxylic acids is 2. The molecule has 8 N–H and O–H groups in total. The van der Waals surface area contributed by atoms with E-state index in [4.69, 9.17) is 18.9 Å². The van der Waals surface area contributed by atoms with Crippen LogP contribution in [-0.2, 0) is 28.5 Å². The van der Waals surface area contributed by atoms with E-state index in [9.17, 15) is 45.3 Å². The lowest BCUT2D eigenvalue weighted by Crippen LogP contribution is -2.62. The molecule has 2 fully saturated rings. The average molecular weight is 594 g/mol. The van der Waals surface area contributed by atoms with E-state index in [0.29, 0.717) is 18.5 Å². The summed E-state index contributed by atoms with van der Waals surface area (Å²) >= 11 is 0. The molecule has 0 radical (unpaired) electrons. The van der Waals surface area contributed by atoms with Gasteiger partial charge in [0.25, 0.3) is 0 Å². The van der Waals surface area contributed by atoms with Crippen molar-refractivity contribution in [3.05, 3.63) is 12.2 Å². The van der Waals surface area contributed by atoms with Crippen molar-refractivity contribution in [2.75, 3.05) is 26.4 Å². The van der Waals surface area contributed by atoms with Crippen LogP contribution in [0, 0.1) is 0 Å². The molecule has 14 heteroatoms. The minimum Gasteiger partial charge on any atom is -0.463 e. The van der Waals surface area contributed by atoms with Gasteiger partial charge in [0.1, 0.15) is 55.9 Å². The molecule has 2 aliphatic heterocycles. The molecule has 0 spiro atoms. The van der Waals surface area contributed by atoms with Gasteiger partial charge in [-0.05, 0) is 19.8 Å². The predicted octanol–water partition coefficient (Wildman–Crippen LogP) is -1.64. The number of unbranched alkanes of at least 4 members (excludes halogenated alkanes) is 7. The highest BCUT2D eigenvalue weighted by molar-refractivity contribution is 5.91. The maximum atomic E-state index is 12.2. The number of rotatable bonds is 18. The minimum atomic E-state index is -2.29. The molecule has 1 amide bonds. The van der Waals surface area contributed by atoms with Gasteiger partial charge in [-0.3, -0.25) is 9.59 Å². The number of aliphatic hydroxyl groups excluding tert-OH is 7. The minimum absolute atomic E-state index is 0.120. The number of nitrogens with one attached hydrogen (secondary N) is 1. The highest BCUT2D eigenvalue weighted by Crippen LogP contribution is 2.36. The Morgan fingerprint density at radius 1 is 0.854 bits per heavy atom. The molecule has 14 nitrogen and oxygen atoms in total. The fraction of sp³-hybridized carbons (Fsp3) is 0.852. The summed E-state index contributed by atoms with van der Waals surface area (Å²) in [7, 11) is 0. The van der Waals surface area contributed by atoms with E-state index in [1.54, 1.807) is 6.92 Å². The van der Waals surface area contributed by atoms with Crippen molar-refractivity contribution in [3.63, 3.8) is 0 Å². The number of amides is 1. The second-order valence-electron chi connectivity index (χ2n) is 10.7. The number of carbonyl (C=O) groups is 2. The monoisotopic (exact) mass is 593 g/mol. The van der Waals surface area contributed by atoms with Gasteiger partial charge < -0.3 is 60.0 Å². The van der Waals surface area contributed by atoms with E-state index < -0.39 is 80.6 Å². The van der Waals surface area contributed by atoms with Crippen LogP contribution >= 0.6 is 0 Å². The number of esters is 1. The smallest absolute Gasteiger partial charge is 0.305 e. The van der Waals surface area contributed by atoms with E-state index in [2.05, 4.69) is 11.9 Å². The lowest BCUT2D eigenvalue weighted by atomic mass is 9.99. The standard InChI is InChI=1S/C27H47NO13/c1-16(2)25(37)28-12-10-8-6-4-3-5-7-9-11-19(31)38-14-18-20(32)22(34)23(35)26(39-18)41-27(15-30)24(36)21(33)17(13-29)40-27/h17-18,20-24,26,29-30,32-36H,1,3-15H2,2H3,(H,28,37)/t17-,18-,20-,21-,22+,23-,24+,26-,27+/m1/s1. The Hall–Kier alpha value is -1.72. The molecule has 0 unspecified atom stereocenters. The van der Waals surface area contributed by atoms with Crippen LogP contribution in [0.25, 0.3) is 0 Å². The van der Waals surface area contributed by atoms with Crippen LogP contribution < -0.4 is 5.32 Å². The lowest BCUT2D eigenvalue weighted by molar-refractivity contribution is -0.383. The van der Waals surface area contributed by atoms with Crippen molar-refractivity contribution in [1.82, 2.24) is 5.32 Å². The van der Waals surface area contributed by atoms with Gasteiger partial charge in [-0.25, -0.2) is 0 Å². The number of hydrogen-bond donors (Lipinski definition) is 8. The normalized spacial score (nSPS) is 33.5. The molecule has 0 aromatic rings. The molecule has 0 saturated carbocycles. The Kier molecular flexibility index (Phi) is 15.1. The first-order chi connectivity index (χ1) is 19.5. The number of hydrogen-bond acceptors (Lipinski definition) is 13. The van der Waals surface area contributed by atoms with Gasteiger partial charge in [-0.2, -0.15) is 0 Å². The molecule has 2 saturated heterocycles. The van der Waals surface area contributed by atoms with E-state index >= 15 is 0 Å². The van der Waals surface area contributed by atoms with Crippen LogP contribution in [0.4, 0.5) is 0 Å². The molecule has 9 atom stereocenters. The van der Waals surface area contributed by atoms with E-state index in [1.165, 1.54) is 0 Å². The van der Waals surface area contributed by atoms with Crippen molar-refractivity contribution in [3.8, 4) is 0 Å². The second kappa shape index (κ2) is 17.4. The first kappa shape index (κ1) is 35.5. The lowest BCUT2D eigenvalue weighted by Gasteiger charge is -2.43. The highest BCUT2D eigenvalue weighted by atomic mass is 16.8. The van der Waals surface area contributed by atoms with Crippen molar-refractivity contribution in [1.29, 1.82) is 0 Å². The molecule has 0 aromatic heterocycles. The molecule has 2 heterocycles. The van der Waals surface area contributed by atoms with E-state index in [1.807, 2.05) is 0 Å². The molecule has 2 aliphatic rings. The highest BCUT2D eigenvalue weighted by Gasteiger charge is 2.58. The van der Waals surface area contributed by atoms with Crippen LogP contribution in [0.2, 0.25) is 0 Å². The van der Waals surface area contributed by atoms with Crippen LogP contribution in [-0.4, -0.2) is 129 Å². The first-order valence-corrected chi connectivity index (χ1v) is 14.2. The summed E-state index contributed by atoms with van der Waals surface area (Å²) in [6.45, 7) is 3.74. The Bertz CT molecular complexity index is 829. The van der Waals surface area contributed by atoms with Crippen LogP contribution in [0.5, 0.6) is 0 Å². The van der Waals surface area contributed by atoms with Crippen LogP contribution in [0.1, 0.15) is 64.7 Å². The fourth-order valence-corrected chi connectivity index (χ4v) is 4.67. The van der Waals surface area contributed by atoms with Gasteiger partial charge >= 0.3 is 5.97 Å². The average Bonchev–Trinajstić information content (AvgIpc) is 3.20. The summed E-state index contributed by atoms with van der Waals surface area (Å²) in [5, 5.41) is 73.1. The van der Waals surface area contributed by atoms with Gasteiger partial charge in [-0.15, -0.1) is 0 Å². The third-order valence-electron chi connectivity index (χ3n) is 7.28. The summed E-state index contributed by atoms with van der Waals surface area (Å²) in [6.07, 6.45) is -5.46. The molecule has 0 aliphatic carbocycles. The largest absolute Gasteiger partial charge is 0.463 e. The second-order valence-corrected chi connectivity index (χ2v) is 10.7. The SMILES string of the molecule is C=C(C)C(=O)NCCCCCCCCCCC(=O)OC[C@H]1O[C@H](O[C@]2(CO)O[C@H](CO)[C@@H](O)[C@@H]2O)[C@H](O)[C@@H](O)[C@@H]1O. The maximum absolute atomic E-state index is 12.2. The van der Waals surface area contributed by atoms with E-state index in [-0.39, 0.29) is 12.3 Å². The molecule has 2 rings (SSSR count). The van der Waals surface area contributed by atoms with Crippen molar-refractivity contribution in [2.45, 2.75) is 120 Å². The van der Waals surface area contributed by atoms with Crippen molar-refractivity contribution >= 4 is 11.9 Å². The summed E-state index contributed by atoms with van der Waals surface area (Å²) < 4.78 is 21.4. The molecule has 238 valence electrons. The van der Waals surface area contributed by atoms with Gasteiger partial charge in [-0.1, -0.05) is 45.1 Å². The van der Waals surface area contributed by atoms with Crippen LogP contribution in [0.3, 0.4) is 0 Å². The predicted molar refractivity (Wildman–Crippen MR) is 142 cm³/mol. The summed E-state index contributed by atoms with van der Waals surface area (Å²) in [5.74, 6) is -2.94. The Balaban J connectivity index is 1.67. The summed E-state index contributed by atoms with van der Waals surface area (Å²) in [4.78, 5) is 23.6. The summed E-state index contributed by atoms with van der Waals surface area (Å²) in [5.41, 5.74) is 0.499. The zero-order valence-electron chi connectivity index (χ0n) is 23.6. The zero-order chi connectivity index (χ0) is 30.6. The van der Waals surface area contributed by atoms with E-state index in [0.717, 1.165) is 44.9 Å². The molecule has 41 heavy (non-hydrogen) atoms. The Morgan fingerprint density at radius 3 is 2.02 bits per heavy atom. The van der Waals surface area contributed by atoms with Crippen LogP contribution in [0.15, 0.2) is 12.2 Å². The molecule has 0 aromatic carbocycles. The fourth-order valence-electron chi connectivity index (χ4n) is 4.67. The Morgan fingerprint density at radius 2 is 1.46 bits per heavy atom. The number of ether oxygens (including phenoxy) is 4.